The molecular weight excluding hydrogens is 342 g/mol. The van der Waals surface area contributed by atoms with Gasteiger partial charge < -0.3 is 5.32 Å². The van der Waals surface area contributed by atoms with Crippen molar-refractivity contribution in [1.29, 1.82) is 0 Å². The Hall–Kier alpha value is -3.67. The van der Waals surface area contributed by atoms with Crippen LogP contribution < -0.4 is 16.2 Å². The molecular formula is C21H19N3O3. The highest BCUT2D eigenvalue weighted by atomic mass is 16.2. The predicted octanol–water partition coefficient (Wildman–Crippen LogP) is 2.42. The minimum Gasteiger partial charge on any atom is -0.352 e. The third-order valence-electron chi connectivity index (χ3n) is 4.00. The van der Waals surface area contributed by atoms with Crippen LogP contribution in [0.3, 0.4) is 0 Å². The van der Waals surface area contributed by atoms with E-state index in [-0.39, 0.29) is 18.9 Å². The van der Waals surface area contributed by atoms with E-state index in [2.05, 4.69) is 16.2 Å². The highest BCUT2D eigenvalue weighted by Crippen LogP contribution is 2.15. The largest absolute Gasteiger partial charge is 0.352 e. The molecule has 0 unspecified atom stereocenters. The van der Waals surface area contributed by atoms with Gasteiger partial charge in [0.25, 0.3) is 11.8 Å². The van der Waals surface area contributed by atoms with Crippen LogP contribution in [-0.2, 0) is 4.79 Å². The summed E-state index contributed by atoms with van der Waals surface area (Å²) in [5.41, 5.74) is 5.65. The Balaban J connectivity index is 1.43. The van der Waals surface area contributed by atoms with E-state index in [1.165, 1.54) is 0 Å². The van der Waals surface area contributed by atoms with Crippen molar-refractivity contribution in [2.24, 2.45) is 0 Å². The minimum absolute atomic E-state index is 0.0500. The zero-order chi connectivity index (χ0) is 19.1. The van der Waals surface area contributed by atoms with Gasteiger partial charge >= 0.3 is 0 Å². The number of amides is 3. The van der Waals surface area contributed by atoms with Crippen LogP contribution >= 0.6 is 0 Å². The maximum Gasteiger partial charge on any atom is 0.269 e. The summed E-state index contributed by atoms with van der Waals surface area (Å²) in [6, 6.07) is 21.8. The van der Waals surface area contributed by atoms with Crippen LogP contribution in [0.1, 0.15) is 27.1 Å². The van der Waals surface area contributed by atoms with Crippen molar-refractivity contribution < 1.29 is 14.4 Å². The fraction of sp³-hybridized carbons (Fsp3) is 0.0952. The summed E-state index contributed by atoms with van der Waals surface area (Å²) in [6.07, 6.45) is 0.0500. The first-order valence-corrected chi connectivity index (χ1v) is 8.55. The molecule has 0 aromatic heterocycles. The number of hydrogen-bond donors (Lipinski definition) is 3. The van der Waals surface area contributed by atoms with Crippen molar-refractivity contribution in [1.82, 2.24) is 16.2 Å². The highest BCUT2D eigenvalue weighted by molar-refractivity contribution is 5.99. The van der Waals surface area contributed by atoms with Crippen LogP contribution in [0.5, 0.6) is 0 Å². The van der Waals surface area contributed by atoms with Gasteiger partial charge in [0.1, 0.15) is 0 Å². The second-order valence-corrected chi connectivity index (χ2v) is 5.94. The van der Waals surface area contributed by atoms with Gasteiger partial charge in [0.2, 0.25) is 5.91 Å². The Morgan fingerprint density at radius 2 is 1.37 bits per heavy atom. The van der Waals surface area contributed by atoms with Gasteiger partial charge in [-0.25, -0.2) is 0 Å². The minimum atomic E-state index is -0.399. The summed E-state index contributed by atoms with van der Waals surface area (Å²) < 4.78 is 0. The first-order valence-electron chi connectivity index (χ1n) is 8.55. The standard InChI is InChI=1S/C21H19N3O3/c25-19(23-24-21(27)16-7-2-1-3-8-16)12-13-22-20(26)18-11-10-15-6-4-5-9-17(15)14-18/h1-11,14H,12-13H2,(H,22,26)(H,23,25)(H,24,27). The molecule has 3 N–H and O–H groups in total. The Morgan fingerprint density at radius 3 is 2.15 bits per heavy atom. The molecule has 3 rings (SSSR count). The molecule has 0 aliphatic rings. The number of rotatable bonds is 5. The number of nitrogens with one attached hydrogen (secondary N) is 3. The average Bonchev–Trinajstić information content (AvgIpc) is 2.72. The zero-order valence-corrected chi connectivity index (χ0v) is 14.6. The van der Waals surface area contributed by atoms with Crippen molar-refractivity contribution in [2.75, 3.05) is 6.54 Å². The number of carbonyl (C=O) groups is 3. The number of fused-ring (bicyclic) bond motifs is 1. The Bertz CT molecular complexity index is 971. The van der Waals surface area contributed by atoms with Crippen LogP contribution in [0, 0.1) is 0 Å². The molecule has 0 atom stereocenters. The van der Waals surface area contributed by atoms with Gasteiger partial charge in [0, 0.05) is 24.1 Å². The molecule has 0 saturated carbocycles. The number of benzene rings is 3. The Kier molecular flexibility index (Phi) is 5.79. The van der Waals surface area contributed by atoms with E-state index < -0.39 is 11.8 Å². The summed E-state index contributed by atoms with van der Waals surface area (Å²) in [4.78, 5) is 35.8. The van der Waals surface area contributed by atoms with E-state index in [4.69, 9.17) is 0 Å². The lowest BCUT2D eigenvalue weighted by Gasteiger charge is -2.08. The molecule has 136 valence electrons. The van der Waals surface area contributed by atoms with Crippen molar-refractivity contribution in [3.8, 4) is 0 Å². The molecule has 0 spiro atoms. The average molecular weight is 361 g/mol. The molecule has 0 bridgehead atoms. The van der Waals surface area contributed by atoms with E-state index in [0.29, 0.717) is 11.1 Å². The van der Waals surface area contributed by atoms with E-state index in [1.54, 1.807) is 36.4 Å². The van der Waals surface area contributed by atoms with E-state index in [0.717, 1.165) is 10.8 Å². The van der Waals surface area contributed by atoms with Gasteiger partial charge in [0.15, 0.2) is 0 Å². The molecule has 0 fully saturated rings. The molecule has 3 amide bonds. The first kappa shape index (κ1) is 18.1. The molecule has 27 heavy (non-hydrogen) atoms. The third kappa shape index (κ3) is 4.92. The van der Waals surface area contributed by atoms with Crippen molar-refractivity contribution in [2.45, 2.75) is 6.42 Å². The van der Waals surface area contributed by atoms with Crippen LogP contribution in [0.25, 0.3) is 10.8 Å². The monoisotopic (exact) mass is 361 g/mol. The summed E-state index contributed by atoms with van der Waals surface area (Å²) >= 11 is 0. The van der Waals surface area contributed by atoms with Crippen LogP contribution in [-0.4, -0.2) is 24.3 Å². The van der Waals surface area contributed by atoms with Crippen molar-refractivity contribution >= 4 is 28.5 Å². The lowest BCUT2D eigenvalue weighted by Crippen LogP contribution is -2.42. The second-order valence-electron chi connectivity index (χ2n) is 5.94. The summed E-state index contributed by atoms with van der Waals surface area (Å²) in [7, 11) is 0. The quantitative estimate of drug-likeness (QED) is 0.610. The van der Waals surface area contributed by atoms with E-state index in [1.807, 2.05) is 36.4 Å². The molecule has 0 saturated heterocycles. The first-order chi connectivity index (χ1) is 13.1. The predicted molar refractivity (Wildman–Crippen MR) is 103 cm³/mol. The molecule has 6 nitrogen and oxygen atoms in total. The van der Waals surface area contributed by atoms with Crippen molar-refractivity contribution in [3.63, 3.8) is 0 Å². The van der Waals surface area contributed by atoms with Crippen LogP contribution in [0.4, 0.5) is 0 Å². The van der Waals surface area contributed by atoms with Crippen LogP contribution in [0.2, 0.25) is 0 Å². The fourth-order valence-corrected chi connectivity index (χ4v) is 2.57. The maximum absolute atomic E-state index is 12.2. The lowest BCUT2D eigenvalue weighted by molar-refractivity contribution is -0.121. The van der Waals surface area contributed by atoms with Crippen LogP contribution in [0.15, 0.2) is 72.8 Å². The highest BCUT2D eigenvalue weighted by Gasteiger charge is 2.09. The number of carbonyl (C=O) groups excluding carboxylic acids is 3. The lowest BCUT2D eigenvalue weighted by atomic mass is 10.1. The number of hydrogen-bond acceptors (Lipinski definition) is 3. The zero-order valence-electron chi connectivity index (χ0n) is 14.6. The molecule has 0 radical (unpaired) electrons. The molecule has 0 aliphatic heterocycles. The fourth-order valence-electron chi connectivity index (χ4n) is 2.57. The summed E-state index contributed by atoms with van der Waals surface area (Å²) in [5.74, 6) is -1.04. The van der Waals surface area contributed by atoms with Gasteiger partial charge in [-0.05, 0) is 35.0 Å². The molecule has 3 aromatic carbocycles. The molecule has 6 heteroatoms. The smallest absolute Gasteiger partial charge is 0.269 e. The SMILES string of the molecule is O=C(CCNC(=O)c1ccc2ccccc2c1)NNC(=O)c1ccccc1. The Morgan fingerprint density at radius 1 is 0.667 bits per heavy atom. The third-order valence-corrected chi connectivity index (χ3v) is 4.00. The number of hydrazine groups is 1. The molecule has 0 aliphatic carbocycles. The normalized spacial score (nSPS) is 10.2. The summed E-state index contributed by atoms with van der Waals surface area (Å²) in [5, 5.41) is 4.74. The molecule has 0 heterocycles. The second kappa shape index (κ2) is 8.62. The molecule has 3 aromatic rings. The maximum atomic E-state index is 12.2. The van der Waals surface area contributed by atoms with E-state index >= 15 is 0 Å². The summed E-state index contributed by atoms with van der Waals surface area (Å²) in [6.45, 7) is 0.165. The van der Waals surface area contributed by atoms with Gasteiger partial charge in [0.05, 0.1) is 0 Å². The van der Waals surface area contributed by atoms with Gasteiger partial charge in [-0.3, -0.25) is 25.2 Å². The topological polar surface area (TPSA) is 87.3 Å². The van der Waals surface area contributed by atoms with Crippen molar-refractivity contribution in [3.05, 3.63) is 83.9 Å². The van der Waals surface area contributed by atoms with E-state index in [9.17, 15) is 14.4 Å². The van der Waals surface area contributed by atoms with Gasteiger partial charge in [-0.2, -0.15) is 0 Å². The van der Waals surface area contributed by atoms with Gasteiger partial charge in [-0.15, -0.1) is 0 Å². The Labute approximate surface area is 156 Å². The van der Waals surface area contributed by atoms with Gasteiger partial charge in [-0.1, -0.05) is 48.5 Å².